The van der Waals surface area contributed by atoms with Crippen LogP contribution < -0.4 is 16.0 Å². The van der Waals surface area contributed by atoms with Gasteiger partial charge >= 0.3 is 6.18 Å². The van der Waals surface area contributed by atoms with Crippen LogP contribution in [-0.2, 0) is 6.18 Å². The number of fused-ring (bicyclic) bond motifs is 1. The minimum Gasteiger partial charge on any atom is -0.384 e. The third-order valence-electron chi connectivity index (χ3n) is 4.97. The molecule has 4 rings (SSSR count). The van der Waals surface area contributed by atoms with E-state index < -0.39 is 35.4 Å². The summed E-state index contributed by atoms with van der Waals surface area (Å²) in [7, 11) is 0. The Bertz CT molecular complexity index is 1210. The number of pyridine rings is 1. The molecule has 0 fully saturated rings. The number of benzene rings is 1. The van der Waals surface area contributed by atoms with Crippen molar-refractivity contribution in [3.05, 3.63) is 65.4 Å². The Hall–Kier alpha value is -3.61. The van der Waals surface area contributed by atoms with Crippen LogP contribution >= 0.6 is 13.5 Å². The lowest BCUT2D eigenvalue weighted by Crippen LogP contribution is -2.43. The number of hydrogen-bond acceptors (Lipinski definition) is 5. The van der Waals surface area contributed by atoms with Gasteiger partial charge in [-0.25, -0.2) is 9.37 Å². The van der Waals surface area contributed by atoms with Crippen LogP contribution in [0.5, 0.6) is 0 Å². The highest BCUT2D eigenvalue weighted by molar-refractivity contribution is 7.59. The summed E-state index contributed by atoms with van der Waals surface area (Å²) in [4.78, 5) is 30.6. The molecule has 0 radical (unpaired) electrons. The smallest absolute Gasteiger partial charge is 0.384 e. The second kappa shape index (κ2) is 8.73. The predicted octanol–water partition coefficient (Wildman–Crippen LogP) is 3.60. The zero-order valence-electron chi connectivity index (χ0n) is 17.0. The number of nitrogens with one attached hydrogen (secondary N) is 1. The molecule has 2 aromatic heterocycles. The van der Waals surface area contributed by atoms with Crippen LogP contribution in [0, 0.1) is 5.82 Å². The lowest BCUT2D eigenvalue weighted by Gasteiger charge is -2.32. The normalized spacial score (nSPS) is 15.6. The molecular weight excluding hydrogens is 464 g/mol. The summed E-state index contributed by atoms with van der Waals surface area (Å²) >= 11 is 0. The molecule has 0 saturated heterocycles. The fraction of sp³-hybridized carbons (Fsp3) is 0.200. The molecule has 0 bridgehead atoms. The maximum absolute atomic E-state index is 14.1. The van der Waals surface area contributed by atoms with E-state index in [0.29, 0.717) is 12.1 Å². The summed E-state index contributed by atoms with van der Waals surface area (Å²) in [6.45, 7) is 1.78. The molecule has 3 heterocycles. The molecular formula is C20H18F4N6O2S. The highest BCUT2D eigenvalue weighted by Crippen LogP contribution is 2.35. The van der Waals surface area contributed by atoms with Crippen LogP contribution in [0.1, 0.15) is 39.4 Å². The van der Waals surface area contributed by atoms with Gasteiger partial charge in [-0.1, -0.05) is 0 Å². The van der Waals surface area contributed by atoms with Crippen LogP contribution in [0.3, 0.4) is 0 Å². The minimum absolute atomic E-state index is 0. The predicted molar refractivity (Wildman–Crippen MR) is 117 cm³/mol. The number of nitrogens with two attached hydrogens (primary N) is 1. The summed E-state index contributed by atoms with van der Waals surface area (Å²) < 4.78 is 54.1. The molecule has 0 saturated carbocycles. The SMILES string of the molecule is C[C@H]1CN(c2ccc(C(F)(F)F)c(F)c2)C(=O)c2c(NC(=O)c3ccc(N)nc3)cnn21.S. The van der Waals surface area contributed by atoms with E-state index in [9.17, 15) is 27.2 Å². The van der Waals surface area contributed by atoms with E-state index in [1.54, 1.807) is 6.92 Å². The lowest BCUT2D eigenvalue weighted by molar-refractivity contribution is -0.139. The van der Waals surface area contributed by atoms with E-state index in [2.05, 4.69) is 15.4 Å². The first-order valence-electron chi connectivity index (χ1n) is 9.35. The Balaban J connectivity index is 0.00000306. The van der Waals surface area contributed by atoms with Crippen LogP contribution in [0.15, 0.2) is 42.7 Å². The van der Waals surface area contributed by atoms with Crippen molar-refractivity contribution in [1.82, 2.24) is 14.8 Å². The summed E-state index contributed by atoms with van der Waals surface area (Å²) in [5.41, 5.74) is 4.35. The molecule has 13 heteroatoms. The van der Waals surface area contributed by atoms with Crippen molar-refractivity contribution in [2.45, 2.75) is 19.1 Å². The first-order valence-corrected chi connectivity index (χ1v) is 9.35. The number of carbonyl (C=O) groups is 2. The molecule has 0 aliphatic carbocycles. The molecule has 1 aliphatic rings. The molecule has 3 N–H and O–H groups in total. The van der Waals surface area contributed by atoms with E-state index in [1.807, 2.05) is 0 Å². The number of alkyl halides is 3. The van der Waals surface area contributed by atoms with E-state index in [0.717, 1.165) is 11.0 Å². The molecule has 174 valence electrons. The first kappa shape index (κ1) is 24.0. The molecule has 0 unspecified atom stereocenters. The quantitative estimate of drug-likeness (QED) is 0.555. The van der Waals surface area contributed by atoms with Crippen molar-refractivity contribution >= 4 is 42.5 Å². The highest BCUT2D eigenvalue weighted by Gasteiger charge is 2.37. The van der Waals surface area contributed by atoms with Crippen molar-refractivity contribution in [1.29, 1.82) is 0 Å². The monoisotopic (exact) mass is 482 g/mol. The lowest BCUT2D eigenvalue weighted by atomic mass is 10.1. The Labute approximate surface area is 191 Å². The molecule has 8 nitrogen and oxygen atoms in total. The van der Waals surface area contributed by atoms with Gasteiger partial charge in [0.25, 0.3) is 11.8 Å². The number of amides is 2. The van der Waals surface area contributed by atoms with Gasteiger partial charge in [0, 0.05) is 18.4 Å². The van der Waals surface area contributed by atoms with E-state index in [4.69, 9.17) is 5.73 Å². The Kier molecular flexibility index (Phi) is 6.36. The van der Waals surface area contributed by atoms with Crippen molar-refractivity contribution in [2.75, 3.05) is 22.5 Å². The number of carbonyl (C=O) groups excluding carboxylic acids is 2. The van der Waals surface area contributed by atoms with Crippen molar-refractivity contribution in [3.63, 3.8) is 0 Å². The summed E-state index contributed by atoms with van der Waals surface area (Å²) in [6, 6.07) is 4.78. The van der Waals surface area contributed by atoms with Gasteiger partial charge in [-0.15, -0.1) is 0 Å². The molecule has 1 aromatic carbocycles. The van der Waals surface area contributed by atoms with Gasteiger partial charge in [0.15, 0.2) is 5.69 Å². The Morgan fingerprint density at radius 3 is 2.55 bits per heavy atom. The number of rotatable bonds is 3. The van der Waals surface area contributed by atoms with Gasteiger partial charge < -0.3 is 16.0 Å². The fourth-order valence-electron chi connectivity index (χ4n) is 3.41. The number of hydrogen-bond donors (Lipinski definition) is 2. The summed E-state index contributed by atoms with van der Waals surface area (Å²) in [5.74, 6) is -2.47. The molecule has 1 atom stereocenters. The highest BCUT2D eigenvalue weighted by atomic mass is 32.1. The molecule has 33 heavy (non-hydrogen) atoms. The zero-order chi connectivity index (χ0) is 23.2. The summed E-state index contributed by atoms with van der Waals surface area (Å²) in [6.07, 6.45) is -2.29. The van der Waals surface area contributed by atoms with Gasteiger partial charge in [-0.05, 0) is 37.3 Å². The second-order valence-corrected chi connectivity index (χ2v) is 7.20. The van der Waals surface area contributed by atoms with Crippen molar-refractivity contribution < 1.29 is 27.2 Å². The average molecular weight is 482 g/mol. The maximum Gasteiger partial charge on any atom is 0.419 e. The van der Waals surface area contributed by atoms with Gasteiger partial charge in [0.05, 0.1) is 29.1 Å². The van der Waals surface area contributed by atoms with Crippen LogP contribution in [0.25, 0.3) is 0 Å². The fourth-order valence-corrected chi connectivity index (χ4v) is 3.41. The molecule has 0 spiro atoms. The topological polar surface area (TPSA) is 106 Å². The van der Waals surface area contributed by atoms with Gasteiger partial charge in [0.2, 0.25) is 0 Å². The van der Waals surface area contributed by atoms with E-state index in [1.165, 1.54) is 29.2 Å². The van der Waals surface area contributed by atoms with Crippen LogP contribution in [-0.4, -0.2) is 33.1 Å². The molecule has 3 aromatic rings. The van der Waals surface area contributed by atoms with Crippen LogP contribution in [0.4, 0.5) is 34.8 Å². The maximum atomic E-state index is 14.1. The van der Waals surface area contributed by atoms with Gasteiger partial charge in [-0.3, -0.25) is 14.3 Å². The number of aromatic nitrogens is 3. The second-order valence-electron chi connectivity index (χ2n) is 7.20. The van der Waals surface area contributed by atoms with Crippen molar-refractivity contribution in [3.8, 4) is 0 Å². The van der Waals surface area contributed by atoms with E-state index >= 15 is 0 Å². The van der Waals surface area contributed by atoms with Gasteiger partial charge in [-0.2, -0.15) is 31.8 Å². The average Bonchev–Trinajstić information content (AvgIpc) is 3.14. The van der Waals surface area contributed by atoms with Crippen LogP contribution in [0.2, 0.25) is 0 Å². The first-order chi connectivity index (χ1) is 15.1. The summed E-state index contributed by atoms with van der Waals surface area (Å²) in [5, 5.41) is 6.71. The number of halogens is 4. The van der Waals surface area contributed by atoms with Gasteiger partial charge in [0.1, 0.15) is 11.6 Å². The number of nitrogens with zero attached hydrogens (tertiary/aromatic N) is 4. The minimum atomic E-state index is -4.85. The molecule has 2 amide bonds. The van der Waals surface area contributed by atoms with Crippen molar-refractivity contribution in [2.24, 2.45) is 0 Å². The third kappa shape index (κ3) is 4.49. The largest absolute Gasteiger partial charge is 0.419 e. The number of anilines is 3. The number of nitrogen functional groups attached to an aromatic ring is 1. The zero-order valence-corrected chi connectivity index (χ0v) is 18.0. The Morgan fingerprint density at radius 2 is 1.94 bits per heavy atom. The third-order valence-corrected chi connectivity index (χ3v) is 4.97. The standard InChI is InChI=1S/C20H16F4N6O2.H2S/c1-10-9-29(12-3-4-13(14(21)6-12)20(22,23)24)19(32)17-15(8-27-30(10)17)28-18(31)11-2-5-16(25)26-7-11;/h2-8,10H,9H2,1H3,(H2,25,26)(H,28,31);1H2/t10-;/m0./s1. The Morgan fingerprint density at radius 1 is 1.21 bits per heavy atom. The molecule has 1 aliphatic heterocycles. The van der Waals surface area contributed by atoms with E-state index in [-0.39, 0.29) is 48.5 Å².